The number of unbranched alkanes of at least 4 members (excludes halogenated alkanes) is 16. The third-order valence-corrected chi connectivity index (χ3v) is 10.9. The third kappa shape index (κ3) is 27.0. The maximum absolute atomic E-state index is 13.7. The molecule has 0 saturated heterocycles. The van der Waals surface area contributed by atoms with Crippen LogP contribution < -0.4 is 0 Å². The highest BCUT2D eigenvalue weighted by molar-refractivity contribution is 5.77. The Morgan fingerprint density at radius 1 is 0.462 bits per heavy atom. The minimum Gasteiger partial charge on any atom is -0.464 e. The number of esters is 2. The summed E-state index contributed by atoms with van der Waals surface area (Å²) in [7, 11) is 0. The number of hydrogen-bond acceptors (Lipinski definition) is 6. The first kappa shape index (κ1) is 50.4. The normalized spacial score (nSPS) is 12.2. The van der Waals surface area contributed by atoms with Gasteiger partial charge in [-0.1, -0.05) is 170 Å². The Kier molecular flexibility index (Phi) is 35.2. The van der Waals surface area contributed by atoms with Crippen LogP contribution >= 0.6 is 0 Å². The quantitative estimate of drug-likeness (QED) is 0.0464. The van der Waals surface area contributed by atoms with E-state index in [1.807, 2.05) is 0 Å². The zero-order valence-electron chi connectivity index (χ0n) is 35.8. The van der Waals surface area contributed by atoms with Crippen LogP contribution in [-0.4, -0.2) is 73.1 Å². The summed E-state index contributed by atoms with van der Waals surface area (Å²) in [5.41, 5.74) is 0. The van der Waals surface area contributed by atoms with Crippen LogP contribution in [0.2, 0.25) is 0 Å². The van der Waals surface area contributed by atoms with Gasteiger partial charge in [0, 0.05) is 12.5 Å². The molecule has 0 saturated carbocycles. The molecule has 308 valence electrons. The lowest BCUT2D eigenvalue weighted by Crippen LogP contribution is -2.42. The fourth-order valence-corrected chi connectivity index (χ4v) is 7.34. The van der Waals surface area contributed by atoms with Crippen molar-refractivity contribution < 1.29 is 23.9 Å². The number of nitrogens with zero attached hydrogens (tertiary/aromatic N) is 2. The molecule has 0 fully saturated rings. The molecule has 0 aromatic carbocycles. The van der Waals surface area contributed by atoms with E-state index in [2.05, 4.69) is 53.4 Å². The Hall–Kier alpha value is -1.63. The molecule has 0 aliphatic carbocycles. The Labute approximate surface area is 323 Å². The topological polar surface area (TPSA) is 76.1 Å². The molecular weight excluding hydrogens is 649 g/mol. The van der Waals surface area contributed by atoms with Gasteiger partial charge in [0.25, 0.3) is 0 Å². The van der Waals surface area contributed by atoms with Crippen LogP contribution in [0.5, 0.6) is 0 Å². The van der Waals surface area contributed by atoms with Crippen LogP contribution in [0.3, 0.4) is 0 Å². The largest absolute Gasteiger partial charge is 0.464 e. The smallest absolute Gasteiger partial charge is 0.308 e. The minimum atomic E-state index is -0.112. The van der Waals surface area contributed by atoms with Crippen molar-refractivity contribution in [2.75, 3.05) is 39.4 Å². The van der Waals surface area contributed by atoms with Crippen LogP contribution in [0.1, 0.15) is 215 Å². The van der Waals surface area contributed by atoms with E-state index in [1.165, 1.54) is 77.0 Å². The second-order valence-corrected chi connectivity index (χ2v) is 15.6. The van der Waals surface area contributed by atoms with Gasteiger partial charge in [0.15, 0.2) is 0 Å². The summed E-state index contributed by atoms with van der Waals surface area (Å²) >= 11 is 0. The van der Waals surface area contributed by atoms with E-state index in [0.717, 1.165) is 96.6 Å². The van der Waals surface area contributed by atoms with Crippen molar-refractivity contribution in [2.24, 2.45) is 11.8 Å². The highest BCUT2D eigenvalue weighted by Gasteiger charge is 2.24. The predicted octanol–water partition coefficient (Wildman–Crippen LogP) is 12.1. The molecule has 7 heteroatoms. The molecule has 1 atom stereocenters. The monoisotopic (exact) mass is 737 g/mol. The Morgan fingerprint density at radius 2 is 0.808 bits per heavy atom. The number of carbonyl (C=O) groups is 3. The number of hydrogen-bond donors (Lipinski definition) is 0. The molecule has 0 rings (SSSR count). The van der Waals surface area contributed by atoms with Gasteiger partial charge in [0.2, 0.25) is 5.91 Å². The third-order valence-electron chi connectivity index (χ3n) is 10.9. The number of carbonyl (C=O) groups excluding carboxylic acids is 3. The summed E-state index contributed by atoms with van der Waals surface area (Å²) in [6, 6.07) is 0.111. The van der Waals surface area contributed by atoms with Gasteiger partial charge < -0.3 is 19.3 Å². The SMILES string of the molecule is CCCCCCCC(CCCCCCC)C(=O)OCCN(CCOC(=O)C(CCCCCCC)CCCCCCC)C(=O)CC(C)N(CC)CCC. The zero-order chi connectivity index (χ0) is 38.7. The van der Waals surface area contributed by atoms with E-state index in [1.54, 1.807) is 4.90 Å². The molecule has 52 heavy (non-hydrogen) atoms. The highest BCUT2D eigenvalue weighted by Crippen LogP contribution is 2.22. The van der Waals surface area contributed by atoms with E-state index >= 15 is 0 Å². The van der Waals surface area contributed by atoms with Gasteiger partial charge in [0.05, 0.1) is 24.9 Å². The lowest BCUT2D eigenvalue weighted by molar-refractivity contribution is -0.152. The first-order chi connectivity index (χ1) is 25.3. The maximum atomic E-state index is 13.7. The van der Waals surface area contributed by atoms with Crippen molar-refractivity contribution in [2.45, 2.75) is 221 Å². The summed E-state index contributed by atoms with van der Waals surface area (Å²) in [5, 5.41) is 0. The molecule has 0 aliphatic rings. The summed E-state index contributed by atoms with van der Waals surface area (Å²) in [4.78, 5) is 44.6. The highest BCUT2D eigenvalue weighted by atomic mass is 16.5. The van der Waals surface area contributed by atoms with Gasteiger partial charge >= 0.3 is 11.9 Å². The molecule has 0 heterocycles. The molecule has 7 nitrogen and oxygen atoms in total. The lowest BCUT2D eigenvalue weighted by Gasteiger charge is -2.30. The zero-order valence-corrected chi connectivity index (χ0v) is 35.8. The average Bonchev–Trinajstić information content (AvgIpc) is 3.13. The van der Waals surface area contributed by atoms with Crippen molar-refractivity contribution in [1.29, 1.82) is 0 Å². The molecule has 0 spiro atoms. The lowest BCUT2D eigenvalue weighted by atomic mass is 9.94. The van der Waals surface area contributed by atoms with Gasteiger partial charge in [-0.15, -0.1) is 0 Å². The van der Waals surface area contributed by atoms with Crippen LogP contribution in [0.15, 0.2) is 0 Å². The molecule has 0 bridgehead atoms. The van der Waals surface area contributed by atoms with Crippen molar-refractivity contribution in [3.63, 3.8) is 0 Å². The standard InChI is InChI=1S/C45H88N2O5/c1-8-14-18-22-26-30-41(31-27-23-19-15-9-2)44(49)51-37-35-47(43(48)39-40(7)46(13-6)34-12-5)36-38-52-45(50)42(32-28-24-20-16-10-3)33-29-25-21-17-11-4/h40-42H,8-39H2,1-7H3. The Balaban J connectivity index is 5.46. The first-order valence-corrected chi connectivity index (χ1v) is 22.6. The maximum Gasteiger partial charge on any atom is 0.308 e. The van der Waals surface area contributed by atoms with Crippen molar-refractivity contribution >= 4 is 17.8 Å². The molecule has 0 radical (unpaired) electrons. The second-order valence-electron chi connectivity index (χ2n) is 15.6. The van der Waals surface area contributed by atoms with Crippen LogP contribution in [-0.2, 0) is 23.9 Å². The average molecular weight is 737 g/mol. The number of ether oxygens (including phenoxy) is 2. The first-order valence-electron chi connectivity index (χ1n) is 22.6. The fourth-order valence-electron chi connectivity index (χ4n) is 7.34. The van der Waals surface area contributed by atoms with Gasteiger partial charge in [-0.05, 0) is 52.1 Å². The second kappa shape index (κ2) is 36.4. The molecule has 0 aromatic rings. The van der Waals surface area contributed by atoms with Crippen molar-refractivity contribution in [3.05, 3.63) is 0 Å². The van der Waals surface area contributed by atoms with Crippen LogP contribution in [0.4, 0.5) is 0 Å². The van der Waals surface area contributed by atoms with Crippen molar-refractivity contribution in [1.82, 2.24) is 9.80 Å². The summed E-state index contributed by atoms with van der Waals surface area (Å²) < 4.78 is 11.8. The Bertz CT molecular complexity index is 759. The van der Waals surface area contributed by atoms with E-state index in [4.69, 9.17) is 9.47 Å². The summed E-state index contributed by atoms with van der Waals surface area (Å²) in [6.45, 7) is 18.2. The molecule has 1 amide bonds. The molecule has 0 aromatic heterocycles. The number of amides is 1. The van der Waals surface area contributed by atoms with Gasteiger partial charge in [-0.25, -0.2) is 0 Å². The van der Waals surface area contributed by atoms with Crippen molar-refractivity contribution in [3.8, 4) is 0 Å². The minimum absolute atomic E-state index is 0.0287. The van der Waals surface area contributed by atoms with Gasteiger partial charge in [-0.2, -0.15) is 0 Å². The van der Waals surface area contributed by atoms with Gasteiger partial charge in [0.1, 0.15) is 13.2 Å². The fraction of sp³-hybridized carbons (Fsp3) is 0.933. The van der Waals surface area contributed by atoms with E-state index in [9.17, 15) is 14.4 Å². The Morgan fingerprint density at radius 3 is 1.12 bits per heavy atom. The number of rotatable bonds is 38. The summed E-state index contributed by atoms with van der Waals surface area (Å²) in [6.07, 6.45) is 28.6. The van der Waals surface area contributed by atoms with E-state index < -0.39 is 0 Å². The van der Waals surface area contributed by atoms with Gasteiger partial charge in [-0.3, -0.25) is 14.4 Å². The molecule has 0 N–H and O–H groups in total. The molecule has 0 aliphatic heterocycles. The van der Waals surface area contributed by atoms with E-state index in [-0.39, 0.29) is 48.9 Å². The van der Waals surface area contributed by atoms with Crippen LogP contribution in [0.25, 0.3) is 0 Å². The van der Waals surface area contributed by atoms with E-state index in [0.29, 0.717) is 19.5 Å². The predicted molar refractivity (Wildman–Crippen MR) is 221 cm³/mol. The molecular formula is C45H88N2O5. The molecule has 1 unspecified atom stereocenters. The van der Waals surface area contributed by atoms with Crippen LogP contribution in [0, 0.1) is 11.8 Å². The summed E-state index contributed by atoms with van der Waals surface area (Å²) in [5.74, 6) is -0.332.